The lowest BCUT2D eigenvalue weighted by Gasteiger charge is -2.26. The summed E-state index contributed by atoms with van der Waals surface area (Å²) in [5, 5.41) is 10.4. The highest BCUT2D eigenvalue weighted by Gasteiger charge is 2.27. The Morgan fingerprint density at radius 3 is 2.57 bits per heavy atom. The molecular weight excluding hydrogens is 356 g/mol. The summed E-state index contributed by atoms with van der Waals surface area (Å²) < 4.78 is 22.6. The van der Waals surface area contributed by atoms with Crippen molar-refractivity contribution in [2.75, 3.05) is 13.4 Å². The summed E-state index contributed by atoms with van der Waals surface area (Å²) in [5.74, 6) is 3.14. The second-order valence-electron chi connectivity index (χ2n) is 7.02. The molecule has 3 aromatic carbocycles. The monoisotopic (exact) mass is 376 g/mol. The molecule has 0 aromatic heterocycles. The Kier molecular flexibility index (Phi) is 4.20. The van der Waals surface area contributed by atoms with Crippen molar-refractivity contribution in [3.8, 4) is 28.7 Å². The smallest absolute Gasteiger partial charge is 0.231 e. The molecule has 5 rings (SSSR count). The van der Waals surface area contributed by atoms with E-state index in [9.17, 15) is 5.11 Å². The standard InChI is InChI=1S/C23H20O5/c24-20-11-23-22(27-14-28-23)10-19(20)17-8-16-6-7-18(9-21(16)26-13-17)25-12-15-4-2-1-3-5-15/h1-7,9-11,17,24H,8,12-14H2. The van der Waals surface area contributed by atoms with E-state index in [0.717, 1.165) is 34.6 Å². The summed E-state index contributed by atoms with van der Waals surface area (Å²) in [6.45, 7) is 1.20. The van der Waals surface area contributed by atoms with Crippen LogP contribution in [0.15, 0.2) is 60.7 Å². The molecule has 28 heavy (non-hydrogen) atoms. The molecule has 0 bridgehead atoms. The molecule has 5 heteroatoms. The predicted octanol–water partition coefficient (Wildman–Crippen LogP) is 4.42. The molecule has 2 aliphatic heterocycles. The first-order valence-corrected chi connectivity index (χ1v) is 9.31. The molecule has 2 heterocycles. The molecular formula is C23H20O5. The maximum absolute atomic E-state index is 10.4. The van der Waals surface area contributed by atoms with Crippen molar-refractivity contribution < 1.29 is 24.1 Å². The van der Waals surface area contributed by atoms with E-state index in [1.54, 1.807) is 6.07 Å². The van der Waals surface area contributed by atoms with Crippen molar-refractivity contribution in [2.45, 2.75) is 18.9 Å². The molecule has 1 unspecified atom stereocenters. The van der Waals surface area contributed by atoms with Gasteiger partial charge >= 0.3 is 0 Å². The molecule has 2 aliphatic rings. The first-order chi connectivity index (χ1) is 13.8. The van der Waals surface area contributed by atoms with Gasteiger partial charge in [0.2, 0.25) is 6.79 Å². The second-order valence-corrected chi connectivity index (χ2v) is 7.02. The molecule has 0 radical (unpaired) electrons. The summed E-state index contributed by atoms with van der Waals surface area (Å²) in [5.41, 5.74) is 3.04. The first-order valence-electron chi connectivity index (χ1n) is 9.31. The van der Waals surface area contributed by atoms with Gasteiger partial charge in [-0.15, -0.1) is 0 Å². The van der Waals surface area contributed by atoms with E-state index in [0.29, 0.717) is 24.7 Å². The highest BCUT2D eigenvalue weighted by Crippen LogP contribution is 2.43. The van der Waals surface area contributed by atoms with Gasteiger partial charge in [-0.05, 0) is 29.7 Å². The zero-order valence-electron chi connectivity index (χ0n) is 15.3. The summed E-state index contributed by atoms with van der Waals surface area (Å²) >= 11 is 0. The average molecular weight is 376 g/mol. The zero-order valence-corrected chi connectivity index (χ0v) is 15.3. The average Bonchev–Trinajstić information content (AvgIpc) is 3.19. The van der Waals surface area contributed by atoms with Crippen LogP contribution < -0.4 is 18.9 Å². The van der Waals surface area contributed by atoms with Crippen molar-refractivity contribution in [3.63, 3.8) is 0 Å². The SMILES string of the molecule is Oc1cc2c(cc1C1COc3cc(OCc4ccccc4)ccc3C1)OCO2. The number of rotatable bonds is 4. The van der Waals surface area contributed by atoms with Gasteiger partial charge in [-0.1, -0.05) is 36.4 Å². The van der Waals surface area contributed by atoms with Crippen molar-refractivity contribution in [1.82, 2.24) is 0 Å². The lowest BCUT2D eigenvalue weighted by Crippen LogP contribution is -2.19. The Hall–Kier alpha value is -3.34. The molecule has 0 aliphatic carbocycles. The van der Waals surface area contributed by atoms with E-state index in [4.69, 9.17) is 18.9 Å². The van der Waals surface area contributed by atoms with Crippen molar-refractivity contribution >= 4 is 0 Å². The Morgan fingerprint density at radius 2 is 1.71 bits per heavy atom. The van der Waals surface area contributed by atoms with Gasteiger partial charge in [0.15, 0.2) is 11.5 Å². The number of hydrogen-bond acceptors (Lipinski definition) is 5. The number of aromatic hydroxyl groups is 1. The molecule has 1 atom stereocenters. The summed E-state index contributed by atoms with van der Waals surface area (Å²) in [4.78, 5) is 0. The summed E-state index contributed by atoms with van der Waals surface area (Å²) in [7, 11) is 0. The van der Waals surface area contributed by atoms with Crippen LogP contribution in [-0.4, -0.2) is 18.5 Å². The van der Waals surface area contributed by atoms with Crippen molar-refractivity contribution in [1.29, 1.82) is 0 Å². The van der Waals surface area contributed by atoms with Gasteiger partial charge in [-0.3, -0.25) is 0 Å². The van der Waals surface area contributed by atoms with Crippen LogP contribution in [0.1, 0.15) is 22.6 Å². The van der Waals surface area contributed by atoms with Crippen molar-refractivity contribution in [3.05, 3.63) is 77.4 Å². The van der Waals surface area contributed by atoms with Crippen LogP contribution in [0.4, 0.5) is 0 Å². The number of fused-ring (bicyclic) bond motifs is 2. The van der Waals surface area contributed by atoms with Crippen LogP contribution in [0.2, 0.25) is 0 Å². The lowest BCUT2D eigenvalue weighted by molar-refractivity contribution is 0.174. The van der Waals surface area contributed by atoms with Gasteiger partial charge < -0.3 is 24.1 Å². The molecule has 0 saturated carbocycles. The van der Waals surface area contributed by atoms with Gasteiger partial charge in [0.25, 0.3) is 0 Å². The maximum Gasteiger partial charge on any atom is 0.231 e. The highest BCUT2D eigenvalue weighted by molar-refractivity contribution is 5.53. The Labute approximate surface area is 163 Å². The molecule has 1 N–H and O–H groups in total. The van der Waals surface area contributed by atoms with Gasteiger partial charge in [-0.2, -0.15) is 0 Å². The minimum atomic E-state index is 0.0538. The van der Waals surface area contributed by atoms with Crippen LogP contribution in [0.3, 0.4) is 0 Å². The van der Waals surface area contributed by atoms with Gasteiger partial charge in [0.1, 0.15) is 23.9 Å². The minimum Gasteiger partial charge on any atom is -0.508 e. The number of ether oxygens (including phenoxy) is 4. The third kappa shape index (κ3) is 3.20. The molecule has 142 valence electrons. The third-order valence-electron chi connectivity index (χ3n) is 5.15. The quantitative estimate of drug-likeness (QED) is 0.731. The first kappa shape index (κ1) is 16.8. The molecule has 0 saturated heterocycles. The number of phenols is 1. The fourth-order valence-corrected chi connectivity index (χ4v) is 3.66. The van der Waals surface area contributed by atoms with E-state index < -0.39 is 0 Å². The van der Waals surface area contributed by atoms with E-state index in [1.807, 2.05) is 54.6 Å². The Balaban J connectivity index is 1.31. The summed E-state index contributed by atoms with van der Waals surface area (Å²) in [6, 6.07) is 19.5. The third-order valence-corrected chi connectivity index (χ3v) is 5.15. The topological polar surface area (TPSA) is 57.2 Å². The number of phenolic OH excluding ortho intramolecular Hbond substituents is 1. The molecule has 0 spiro atoms. The van der Waals surface area contributed by atoms with Crippen LogP contribution in [0.25, 0.3) is 0 Å². The van der Waals surface area contributed by atoms with Crippen LogP contribution in [0, 0.1) is 0 Å². The Morgan fingerprint density at radius 1 is 0.893 bits per heavy atom. The van der Waals surface area contributed by atoms with E-state index in [2.05, 4.69) is 0 Å². The second kappa shape index (κ2) is 7.00. The summed E-state index contributed by atoms with van der Waals surface area (Å²) in [6.07, 6.45) is 0.779. The largest absolute Gasteiger partial charge is 0.508 e. The maximum atomic E-state index is 10.4. The molecule has 0 fully saturated rings. The van der Waals surface area contributed by atoms with E-state index in [1.165, 1.54) is 0 Å². The van der Waals surface area contributed by atoms with Gasteiger partial charge in [0.05, 0.1) is 6.61 Å². The van der Waals surface area contributed by atoms with E-state index >= 15 is 0 Å². The van der Waals surface area contributed by atoms with Crippen molar-refractivity contribution in [2.24, 2.45) is 0 Å². The predicted molar refractivity (Wildman–Crippen MR) is 103 cm³/mol. The fourth-order valence-electron chi connectivity index (χ4n) is 3.66. The van der Waals surface area contributed by atoms with Gasteiger partial charge in [0, 0.05) is 23.6 Å². The minimum absolute atomic E-state index is 0.0538. The number of benzene rings is 3. The normalized spacial score (nSPS) is 16.9. The lowest BCUT2D eigenvalue weighted by atomic mass is 9.89. The number of hydrogen-bond donors (Lipinski definition) is 1. The fraction of sp³-hybridized carbons (Fsp3) is 0.217. The molecule has 0 amide bonds. The highest BCUT2D eigenvalue weighted by atomic mass is 16.7. The molecule has 5 nitrogen and oxygen atoms in total. The molecule has 3 aromatic rings. The van der Waals surface area contributed by atoms with Crippen LogP contribution in [0.5, 0.6) is 28.7 Å². The van der Waals surface area contributed by atoms with Gasteiger partial charge in [-0.25, -0.2) is 0 Å². The van der Waals surface area contributed by atoms with E-state index in [-0.39, 0.29) is 18.5 Å². The Bertz CT molecular complexity index is 999. The van der Waals surface area contributed by atoms with Crippen LogP contribution >= 0.6 is 0 Å². The van der Waals surface area contributed by atoms with Crippen LogP contribution in [-0.2, 0) is 13.0 Å². The zero-order chi connectivity index (χ0) is 18.9.